The molecule has 142 valence electrons. The Labute approximate surface area is 177 Å². The lowest BCUT2D eigenvalue weighted by molar-refractivity contribution is 0.0759. The molecule has 1 aliphatic heterocycles. The number of anilines is 1. The van der Waals surface area contributed by atoms with Crippen LogP contribution in [0.1, 0.15) is 39.2 Å². The predicted molar refractivity (Wildman–Crippen MR) is 117 cm³/mol. The molecule has 1 aliphatic carbocycles. The van der Waals surface area contributed by atoms with Gasteiger partial charge in [-0.25, -0.2) is 0 Å². The molecule has 0 fully saturated rings. The lowest BCUT2D eigenvalue weighted by atomic mass is 9.94. The fourth-order valence-electron chi connectivity index (χ4n) is 3.61. The number of nitrogens with zero attached hydrogens (tertiary/aromatic N) is 1. The van der Waals surface area contributed by atoms with Crippen molar-refractivity contribution in [1.29, 1.82) is 0 Å². The molecule has 1 amide bonds. The van der Waals surface area contributed by atoms with E-state index in [1.165, 1.54) is 16.9 Å². The van der Waals surface area contributed by atoms with Crippen LogP contribution in [0.2, 0.25) is 10.0 Å². The van der Waals surface area contributed by atoms with Gasteiger partial charge in [0.25, 0.3) is 5.91 Å². The number of thioether (sulfide) groups is 1. The Balaban J connectivity index is 1.60. The van der Waals surface area contributed by atoms with Crippen LogP contribution in [0, 0.1) is 0 Å². The predicted octanol–water partition coefficient (Wildman–Crippen LogP) is 6.20. The number of rotatable bonds is 5. The topological polar surface area (TPSA) is 32.3 Å². The van der Waals surface area contributed by atoms with Crippen LogP contribution >= 0.6 is 46.3 Å². The number of aryl methyl sites for hydroxylation is 1. The molecule has 1 N–H and O–H groups in total. The summed E-state index contributed by atoms with van der Waals surface area (Å²) in [6.07, 6.45) is 6.24. The summed E-state index contributed by atoms with van der Waals surface area (Å²) < 4.78 is 0. The molecule has 1 aromatic carbocycles. The van der Waals surface area contributed by atoms with E-state index in [-0.39, 0.29) is 11.4 Å². The first-order valence-corrected chi connectivity index (χ1v) is 11.6. The number of hydrogen-bond acceptors (Lipinski definition) is 4. The second kappa shape index (κ2) is 8.08. The van der Waals surface area contributed by atoms with Crippen LogP contribution in [0.4, 0.5) is 5.00 Å². The Hall–Kier alpha value is -1.14. The van der Waals surface area contributed by atoms with Gasteiger partial charge in [0.2, 0.25) is 0 Å². The standard InChI is InChI=1S/C20H20Cl2N2OS2/c1-2-10-24-19(25)16-13-7-3-4-9-15(13)27-18(16)23-20(24)26-11-12-6-5-8-14(21)17(12)22/h2,5-6,8,20,23H,1,3-4,7,9-11H2. The molecule has 27 heavy (non-hydrogen) atoms. The van der Waals surface area contributed by atoms with E-state index in [9.17, 15) is 4.79 Å². The van der Waals surface area contributed by atoms with Gasteiger partial charge in [-0.05, 0) is 42.9 Å². The van der Waals surface area contributed by atoms with Crippen LogP contribution in [-0.2, 0) is 18.6 Å². The zero-order chi connectivity index (χ0) is 19.0. The van der Waals surface area contributed by atoms with Crippen molar-refractivity contribution in [2.24, 2.45) is 0 Å². The van der Waals surface area contributed by atoms with Crippen LogP contribution in [0.3, 0.4) is 0 Å². The first-order valence-electron chi connectivity index (χ1n) is 8.97. The number of benzene rings is 1. The van der Waals surface area contributed by atoms with Gasteiger partial charge in [0.05, 0.1) is 15.6 Å². The van der Waals surface area contributed by atoms with Crippen molar-refractivity contribution < 1.29 is 4.79 Å². The van der Waals surface area contributed by atoms with Gasteiger partial charge in [-0.3, -0.25) is 4.79 Å². The highest BCUT2D eigenvalue weighted by Gasteiger charge is 2.36. The molecule has 4 rings (SSSR count). The Bertz CT molecular complexity index is 896. The smallest absolute Gasteiger partial charge is 0.259 e. The molecular weight excluding hydrogens is 419 g/mol. The summed E-state index contributed by atoms with van der Waals surface area (Å²) in [4.78, 5) is 16.5. The molecule has 3 nitrogen and oxygen atoms in total. The highest BCUT2D eigenvalue weighted by atomic mass is 35.5. The van der Waals surface area contributed by atoms with Crippen LogP contribution in [0.15, 0.2) is 30.9 Å². The van der Waals surface area contributed by atoms with Gasteiger partial charge in [0, 0.05) is 17.2 Å². The van der Waals surface area contributed by atoms with Crippen molar-refractivity contribution in [2.75, 3.05) is 11.9 Å². The first kappa shape index (κ1) is 19.2. The number of carbonyl (C=O) groups excluding carboxylic acids is 1. The van der Waals surface area contributed by atoms with Gasteiger partial charge in [-0.2, -0.15) is 0 Å². The van der Waals surface area contributed by atoms with E-state index in [1.807, 2.05) is 17.0 Å². The molecular formula is C20H20Cl2N2OS2. The van der Waals surface area contributed by atoms with Gasteiger partial charge in [0.1, 0.15) is 5.00 Å². The molecule has 0 spiro atoms. The minimum absolute atomic E-state index is 0.109. The minimum Gasteiger partial charge on any atom is -0.348 e. The van der Waals surface area contributed by atoms with E-state index in [2.05, 4.69) is 11.9 Å². The van der Waals surface area contributed by atoms with Crippen molar-refractivity contribution >= 4 is 57.2 Å². The third-order valence-corrected chi connectivity index (χ3v) is 8.18. The molecule has 0 bridgehead atoms. The van der Waals surface area contributed by atoms with Crippen LogP contribution in [0.5, 0.6) is 0 Å². The number of carbonyl (C=O) groups is 1. The van der Waals surface area contributed by atoms with Crippen LogP contribution < -0.4 is 5.32 Å². The Morgan fingerprint density at radius 2 is 2.15 bits per heavy atom. The zero-order valence-electron chi connectivity index (χ0n) is 14.8. The number of fused-ring (bicyclic) bond motifs is 3. The van der Waals surface area contributed by atoms with E-state index >= 15 is 0 Å². The van der Waals surface area contributed by atoms with Crippen molar-refractivity contribution in [3.8, 4) is 0 Å². The molecule has 0 saturated carbocycles. The molecule has 2 heterocycles. The van der Waals surface area contributed by atoms with Crippen LogP contribution in [-0.4, -0.2) is 22.8 Å². The summed E-state index contributed by atoms with van der Waals surface area (Å²) in [5, 5.41) is 5.74. The molecule has 2 aromatic rings. The number of thiophene rings is 1. The summed E-state index contributed by atoms with van der Waals surface area (Å²) in [7, 11) is 0. The van der Waals surface area contributed by atoms with Crippen molar-refractivity contribution in [2.45, 2.75) is 36.9 Å². The van der Waals surface area contributed by atoms with E-state index in [0.717, 1.165) is 35.4 Å². The second-order valence-electron chi connectivity index (χ2n) is 6.68. The third-order valence-electron chi connectivity index (χ3n) is 4.94. The van der Waals surface area contributed by atoms with Crippen molar-refractivity contribution in [3.05, 3.63) is 62.5 Å². The fraction of sp³-hybridized carbons (Fsp3) is 0.350. The third kappa shape index (κ3) is 3.63. The van der Waals surface area contributed by atoms with E-state index in [0.29, 0.717) is 22.3 Å². The molecule has 1 unspecified atom stereocenters. The van der Waals surface area contributed by atoms with Gasteiger partial charge in [-0.1, -0.05) is 41.4 Å². The van der Waals surface area contributed by atoms with Gasteiger partial charge >= 0.3 is 0 Å². The maximum absolute atomic E-state index is 13.3. The van der Waals surface area contributed by atoms with Crippen molar-refractivity contribution in [3.63, 3.8) is 0 Å². The first-order chi connectivity index (χ1) is 13.1. The second-order valence-corrected chi connectivity index (χ2v) is 9.64. The highest BCUT2D eigenvalue weighted by molar-refractivity contribution is 7.99. The minimum atomic E-state index is -0.154. The Kier molecular flexibility index (Phi) is 5.74. The SMILES string of the molecule is C=CCN1C(=O)c2c(sc3c2CCCC3)NC1SCc1cccc(Cl)c1Cl. The van der Waals surface area contributed by atoms with E-state index in [4.69, 9.17) is 23.2 Å². The van der Waals surface area contributed by atoms with Gasteiger partial charge in [-0.15, -0.1) is 29.7 Å². The maximum Gasteiger partial charge on any atom is 0.259 e. The number of amides is 1. The largest absolute Gasteiger partial charge is 0.348 e. The van der Waals surface area contributed by atoms with E-state index in [1.54, 1.807) is 35.2 Å². The number of hydrogen-bond donors (Lipinski definition) is 1. The normalized spacial score (nSPS) is 18.7. The summed E-state index contributed by atoms with van der Waals surface area (Å²) in [5.74, 6) is 0.774. The van der Waals surface area contributed by atoms with Crippen LogP contribution in [0.25, 0.3) is 0 Å². The lowest BCUT2D eigenvalue weighted by Gasteiger charge is -2.36. The molecule has 0 saturated heterocycles. The summed E-state index contributed by atoms with van der Waals surface area (Å²) >= 11 is 15.8. The summed E-state index contributed by atoms with van der Waals surface area (Å²) in [6.45, 7) is 4.34. The molecule has 2 aliphatic rings. The average molecular weight is 439 g/mol. The molecule has 7 heteroatoms. The number of halogens is 2. The zero-order valence-corrected chi connectivity index (χ0v) is 17.9. The Morgan fingerprint density at radius 1 is 1.33 bits per heavy atom. The van der Waals surface area contributed by atoms with Gasteiger partial charge < -0.3 is 10.2 Å². The molecule has 0 radical (unpaired) electrons. The molecule has 1 atom stereocenters. The van der Waals surface area contributed by atoms with Gasteiger partial charge in [0.15, 0.2) is 5.50 Å². The average Bonchev–Trinajstić information content (AvgIpc) is 3.04. The fourth-order valence-corrected chi connectivity index (χ4v) is 6.60. The maximum atomic E-state index is 13.3. The monoisotopic (exact) mass is 438 g/mol. The highest BCUT2D eigenvalue weighted by Crippen LogP contribution is 2.43. The summed E-state index contributed by atoms with van der Waals surface area (Å²) in [6, 6.07) is 5.66. The number of nitrogens with one attached hydrogen (secondary N) is 1. The van der Waals surface area contributed by atoms with Crippen molar-refractivity contribution in [1.82, 2.24) is 4.90 Å². The Morgan fingerprint density at radius 3 is 2.96 bits per heavy atom. The summed E-state index contributed by atoms with van der Waals surface area (Å²) in [5.41, 5.74) is 2.96. The molecule has 1 aromatic heterocycles. The quantitative estimate of drug-likeness (QED) is 0.563. The lowest BCUT2D eigenvalue weighted by Crippen LogP contribution is -2.46. The van der Waals surface area contributed by atoms with E-state index < -0.39 is 0 Å².